The highest BCUT2D eigenvalue weighted by Crippen LogP contribution is 2.38. The molecule has 1 aromatic carbocycles. The van der Waals surface area contributed by atoms with Crippen LogP contribution in [0.4, 0.5) is 6.01 Å². The third kappa shape index (κ3) is 3.28. The molecule has 3 aromatic rings. The average Bonchev–Trinajstić information content (AvgIpc) is 3.29. The zero-order chi connectivity index (χ0) is 16.9. The van der Waals surface area contributed by atoms with E-state index in [9.17, 15) is 0 Å². The van der Waals surface area contributed by atoms with Gasteiger partial charge in [-0.25, -0.2) is 0 Å². The summed E-state index contributed by atoms with van der Waals surface area (Å²) >= 11 is 1.55. The fourth-order valence-corrected chi connectivity index (χ4v) is 2.85. The van der Waals surface area contributed by atoms with Crippen molar-refractivity contribution < 1.29 is 18.6 Å². The Bertz CT molecular complexity index is 777. The van der Waals surface area contributed by atoms with Crippen LogP contribution in [0.3, 0.4) is 0 Å². The molecule has 0 bridgehead atoms. The minimum absolute atomic E-state index is 0.354. The second-order valence-corrected chi connectivity index (χ2v) is 5.72. The maximum Gasteiger partial charge on any atom is 0.316 e. The van der Waals surface area contributed by atoms with Crippen molar-refractivity contribution in [3.05, 3.63) is 35.2 Å². The van der Waals surface area contributed by atoms with Crippen LogP contribution < -0.4 is 19.5 Å². The minimum atomic E-state index is 0.354. The first kappa shape index (κ1) is 16.1. The molecule has 0 aliphatic rings. The van der Waals surface area contributed by atoms with E-state index in [1.165, 1.54) is 0 Å². The largest absolute Gasteiger partial charge is 0.493 e. The van der Waals surface area contributed by atoms with E-state index in [0.717, 1.165) is 10.4 Å². The third-order valence-corrected chi connectivity index (χ3v) is 4.18. The Hall–Kier alpha value is -2.74. The van der Waals surface area contributed by atoms with Crippen molar-refractivity contribution in [1.29, 1.82) is 0 Å². The lowest BCUT2D eigenvalue weighted by Crippen LogP contribution is -2.02. The molecular weight excluding hydrogens is 330 g/mol. The Kier molecular flexibility index (Phi) is 4.85. The van der Waals surface area contributed by atoms with Crippen molar-refractivity contribution in [1.82, 2.24) is 10.2 Å². The van der Waals surface area contributed by atoms with E-state index in [4.69, 9.17) is 18.6 Å². The molecular formula is C16H17N3O4S. The van der Waals surface area contributed by atoms with Gasteiger partial charge in [-0.15, -0.1) is 16.4 Å². The number of nitrogens with one attached hydrogen (secondary N) is 1. The summed E-state index contributed by atoms with van der Waals surface area (Å²) in [5.41, 5.74) is 0.931. The van der Waals surface area contributed by atoms with Gasteiger partial charge in [0.15, 0.2) is 11.5 Å². The van der Waals surface area contributed by atoms with E-state index < -0.39 is 0 Å². The first-order valence-electron chi connectivity index (χ1n) is 7.15. The number of rotatable bonds is 7. The molecule has 0 unspecified atom stereocenters. The fourth-order valence-electron chi connectivity index (χ4n) is 2.21. The highest BCUT2D eigenvalue weighted by molar-refractivity contribution is 7.13. The van der Waals surface area contributed by atoms with E-state index in [2.05, 4.69) is 15.5 Å². The van der Waals surface area contributed by atoms with Gasteiger partial charge in [-0.05, 0) is 29.1 Å². The number of aromatic nitrogens is 2. The molecule has 8 heteroatoms. The van der Waals surface area contributed by atoms with Gasteiger partial charge in [-0.1, -0.05) is 11.2 Å². The molecule has 0 saturated carbocycles. The highest BCUT2D eigenvalue weighted by atomic mass is 32.1. The molecule has 0 aliphatic carbocycles. The summed E-state index contributed by atoms with van der Waals surface area (Å²) < 4.78 is 21.6. The normalized spacial score (nSPS) is 10.5. The number of benzene rings is 1. The lowest BCUT2D eigenvalue weighted by Gasteiger charge is -2.14. The van der Waals surface area contributed by atoms with Gasteiger partial charge >= 0.3 is 6.01 Å². The Morgan fingerprint density at radius 1 is 1.08 bits per heavy atom. The van der Waals surface area contributed by atoms with E-state index in [0.29, 0.717) is 35.7 Å². The monoisotopic (exact) mass is 347 g/mol. The molecule has 0 atom stereocenters. The van der Waals surface area contributed by atoms with Gasteiger partial charge in [0.25, 0.3) is 5.89 Å². The van der Waals surface area contributed by atoms with Gasteiger partial charge in [0.2, 0.25) is 5.75 Å². The second kappa shape index (κ2) is 7.22. The quantitative estimate of drug-likeness (QED) is 0.701. The highest BCUT2D eigenvalue weighted by Gasteiger charge is 2.14. The number of ether oxygens (including phenoxy) is 3. The SMILES string of the molecule is COc1cc(CNc2nnc(-c3cccs3)o2)cc(OC)c1OC. The van der Waals surface area contributed by atoms with Gasteiger partial charge in [-0.3, -0.25) is 0 Å². The lowest BCUT2D eigenvalue weighted by molar-refractivity contribution is 0.324. The van der Waals surface area contributed by atoms with E-state index in [-0.39, 0.29) is 0 Å². The predicted octanol–water partition coefficient (Wildman–Crippen LogP) is 3.44. The number of hydrogen-bond donors (Lipinski definition) is 1. The zero-order valence-electron chi connectivity index (χ0n) is 13.5. The molecule has 0 saturated heterocycles. The Labute approximate surface area is 143 Å². The molecule has 3 rings (SSSR count). The summed E-state index contributed by atoms with van der Waals surface area (Å²) in [6, 6.07) is 7.96. The molecule has 0 fully saturated rings. The summed E-state index contributed by atoms with van der Waals surface area (Å²) in [7, 11) is 4.74. The first-order chi connectivity index (χ1) is 11.7. The lowest BCUT2D eigenvalue weighted by atomic mass is 10.2. The van der Waals surface area contributed by atoms with Crippen molar-refractivity contribution in [3.63, 3.8) is 0 Å². The van der Waals surface area contributed by atoms with Crippen LogP contribution in [0.15, 0.2) is 34.1 Å². The molecule has 0 spiro atoms. The van der Waals surface area contributed by atoms with Gasteiger partial charge in [0.1, 0.15) is 0 Å². The predicted molar refractivity (Wildman–Crippen MR) is 91.0 cm³/mol. The Balaban J connectivity index is 1.75. The molecule has 1 N–H and O–H groups in total. The Morgan fingerprint density at radius 3 is 2.42 bits per heavy atom. The molecule has 24 heavy (non-hydrogen) atoms. The summed E-state index contributed by atoms with van der Waals surface area (Å²) in [5, 5.41) is 13.1. The maximum atomic E-state index is 5.60. The third-order valence-electron chi connectivity index (χ3n) is 3.33. The maximum absolute atomic E-state index is 5.60. The summed E-state index contributed by atoms with van der Waals surface area (Å²) in [4.78, 5) is 0.934. The van der Waals surface area contributed by atoms with Crippen molar-refractivity contribution in [2.75, 3.05) is 26.6 Å². The molecule has 2 aromatic heterocycles. The molecule has 0 amide bonds. The van der Waals surface area contributed by atoms with Gasteiger partial charge < -0.3 is 23.9 Å². The number of anilines is 1. The van der Waals surface area contributed by atoms with Gasteiger partial charge in [0.05, 0.1) is 26.2 Å². The van der Waals surface area contributed by atoms with Crippen LogP contribution in [0, 0.1) is 0 Å². The topological polar surface area (TPSA) is 78.6 Å². The molecule has 126 valence electrons. The molecule has 2 heterocycles. The molecule has 0 aliphatic heterocycles. The van der Waals surface area contributed by atoms with Crippen LogP contribution in [0.25, 0.3) is 10.8 Å². The molecule has 7 nitrogen and oxygen atoms in total. The smallest absolute Gasteiger partial charge is 0.316 e. The number of hydrogen-bond acceptors (Lipinski definition) is 8. The van der Waals surface area contributed by atoms with Crippen LogP contribution >= 0.6 is 11.3 Å². The number of methoxy groups -OCH3 is 3. The first-order valence-corrected chi connectivity index (χ1v) is 8.03. The second-order valence-electron chi connectivity index (χ2n) is 4.78. The van der Waals surface area contributed by atoms with Crippen LogP contribution in [0.5, 0.6) is 17.2 Å². The standard InChI is InChI=1S/C16H17N3O4S/c1-20-11-7-10(8-12(21-2)14(11)22-3)9-17-16-19-18-15(23-16)13-5-4-6-24-13/h4-8H,9H2,1-3H3,(H,17,19). The van der Waals surface area contributed by atoms with Crippen molar-refractivity contribution in [3.8, 4) is 28.0 Å². The summed E-state index contributed by atoms with van der Waals surface area (Å²) in [6.07, 6.45) is 0. The van der Waals surface area contributed by atoms with Crippen molar-refractivity contribution >= 4 is 17.4 Å². The van der Waals surface area contributed by atoms with Crippen LogP contribution in [-0.2, 0) is 6.54 Å². The average molecular weight is 347 g/mol. The molecule has 0 radical (unpaired) electrons. The number of nitrogens with zero attached hydrogens (tertiary/aromatic N) is 2. The Morgan fingerprint density at radius 2 is 1.83 bits per heavy atom. The van der Waals surface area contributed by atoms with Crippen LogP contribution in [-0.4, -0.2) is 31.5 Å². The van der Waals surface area contributed by atoms with Crippen molar-refractivity contribution in [2.24, 2.45) is 0 Å². The van der Waals surface area contributed by atoms with Crippen molar-refractivity contribution in [2.45, 2.75) is 6.54 Å². The summed E-state index contributed by atoms with van der Waals surface area (Å²) in [5.74, 6) is 2.25. The zero-order valence-corrected chi connectivity index (χ0v) is 14.3. The van der Waals surface area contributed by atoms with E-state index in [1.54, 1.807) is 32.7 Å². The van der Waals surface area contributed by atoms with Gasteiger partial charge in [0, 0.05) is 6.54 Å². The van der Waals surface area contributed by atoms with E-state index in [1.807, 2.05) is 29.6 Å². The summed E-state index contributed by atoms with van der Waals surface area (Å²) in [6.45, 7) is 0.475. The van der Waals surface area contributed by atoms with Crippen LogP contribution in [0.1, 0.15) is 5.56 Å². The van der Waals surface area contributed by atoms with E-state index >= 15 is 0 Å². The fraction of sp³-hybridized carbons (Fsp3) is 0.250. The minimum Gasteiger partial charge on any atom is -0.493 e. The van der Waals surface area contributed by atoms with Gasteiger partial charge in [-0.2, -0.15) is 0 Å². The van der Waals surface area contributed by atoms with Crippen LogP contribution in [0.2, 0.25) is 0 Å². The number of thiophene rings is 1.